The number of anilines is 1. The van der Waals surface area contributed by atoms with Gasteiger partial charge in [-0.3, -0.25) is 4.79 Å². The number of benzene rings is 1. The molecule has 2 rings (SSSR count). The Morgan fingerprint density at radius 2 is 1.95 bits per heavy atom. The van der Waals surface area contributed by atoms with Crippen molar-refractivity contribution >= 4 is 45.9 Å². The lowest BCUT2D eigenvalue weighted by molar-refractivity contribution is -0.113. The van der Waals surface area contributed by atoms with Crippen LogP contribution in [0.1, 0.15) is 26.7 Å². The maximum Gasteiger partial charge on any atom is 0.277 e. The van der Waals surface area contributed by atoms with Gasteiger partial charge in [0.1, 0.15) is 0 Å². The number of halogens is 1. The number of carbonyl (C=O) groups excluding carboxylic acids is 1. The lowest BCUT2D eigenvalue weighted by atomic mass is 9.97. The second kappa shape index (κ2) is 6.78. The van der Waals surface area contributed by atoms with Gasteiger partial charge < -0.3 is 9.73 Å². The van der Waals surface area contributed by atoms with Crippen molar-refractivity contribution in [3.63, 3.8) is 0 Å². The van der Waals surface area contributed by atoms with Crippen molar-refractivity contribution in [3.05, 3.63) is 33.7 Å². The summed E-state index contributed by atoms with van der Waals surface area (Å²) in [6.07, 6.45) is 0. The molecule has 0 bridgehead atoms. The second-order valence-electron chi connectivity index (χ2n) is 5.47. The van der Waals surface area contributed by atoms with E-state index in [1.807, 2.05) is 45.0 Å². The molecule has 0 aliphatic rings. The van der Waals surface area contributed by atoms with Crippen molar-refractivity contribution in [1.82, 2.24) is 10.2 Å². The summed E-state index contributed by atoms with van der Waals surface area (Å²) in [5.41, 5.74) is 0.594. The van der Waals surface area contributed by atoms with Crippen molar-refractivity contribution in [2.45, 2.75) is 31.4 Å². The van der Waals surface area contributed by atoms with Crippen molar-refractivity contribution in [2.75, 3.05) is 11.1 Å². The highest BCUT2D eigenvalue weighted by atomic mass is 127. The Kier molecular flexibility index (Phi) is 5.26. The maximum absolute atomic E-state index is 11.9. The minimum atomic E-state index is -0.185. The fraction of sp³-hybridized carbons (Fsp3) is 0.357. The SMILES string of the molecule is CC(C)(C)c1nnc(SCC(=O)Nc2ccc(I)cc2)o1. The average molecular weight is 417 g/mol. The second-order valence-corrected chi connectivity index (χ2v) is 7.64. The lowest BCUT2D eigenvalue weighted by Gasteiger charge is -2.10. The van der Waals surface area contributed by atoms with Crippen LogP contribution in [0.25, 0.3) is 0 Å². The molecular formula is C14H16IN3O2S. The number of aromatic nitrogens is 2. The van der Waals surface area contributed by atoms with Crippen LogP contribution in [0.2, 0.25) is 0 Å². The van der Waals surface area contributed by atoms with Gasteiger partial charge in [0, 0.05) is 14.7 Å². The number of rotatable bonds is 4. The Morgan fingerprint density at radius 3 is 2.52 bits per heavy atom. The van der Waals surface area contributed by atoms with Crippen LogP contribution in [-0.2, 0) is 10.2 Å². The number of hydrogen-bond acceptors (Lipinski definition) is 5. The smallest absolute Gasteiger partial charge is 0.277 e. The summed E-state index contributed by atoms with van der Waals surface area (Å²) in [6, 6.07) is 7.62. The summed E-state index contributed by atoms with van der Waals surface area (Å²) < 4.78 is 6.65. The molecule has 21 heavy (non-hydrogen) atoms. The van der Waals surface area contributed by atoms with Crippen LogP contribution in [0.5, 0.6) is 0 Å². The molecule has 5 nitrogen and oxygen atoms in total. The molecule has 7 heteroatoms. The fourth-order valence-electron chi connectivity index (χ4n) is 1.43. The van der Waals surface area contributed by atoms with Crippen LogP contribution in [0.4, 0.5) is 5.69 Å². The van der Waals surface area contributed by atoms with Gasteiger partial charge in [0.15, 0.2) is 0 Å². The predicted octanol–water partition coefficient (Wildman–Crippen LogP) is 3.70. The van der Waals surface area contributed by atoms with E-state index in [-0.39, 0.29) is 17.1 Å². The first-order valence-corrected chi connectivity index (χ1v) is 8.43. The quantitative estimate of drug-likeness (QED) is 0.607. The van der Waals surface area contributed by atoms with E-state index in [1.165, 1.54) is 11.8 Å². The van der Waals surface area contributed by atoms with Crippen LogP contribution in [0.15, 0.2) is 33.9 Å². The molecule has 0 radical (unpaired) electrons. The molecule has 0 saturated heterocycles. The third-order valence-corrected chi connectivity index (χ3v) is 4.04. The maximum atomic E-state index is 11.9. The minimum Gasteiger partial charge on any atom is -0.415 e. The summed E-state index contributed by atoms with van der Waals surface area (Å²) in [5, 5.41) is 11.2. The number of hydrogen-bond donors (Lipinski definition) is 1. The highest BCUT2D eigenvalue weighted by Crippen LogP contribution is 2.24. The largest absolute Gasteiger partial charge is 0.415 e. The number of amides is 1. The molecule has 1 heterocycles. The van der Waals surface area contributed by atoms with Gasteiger partial charge >= 0.3 is 0 Å². The van der Waals surface area contributed by atoms with Gasteiger partial charge in [-0.25, -0.2) is 0 Å². The molecule has 0 aliphatic heterocycles. The lowest BCUT2D eigenvalue weighted by Crippen LogP contribution is -2.13. The number of carbonyl (C=O) groups is 1. The summed E-state index contributed by atoms with van der Waals surface area (Å²) in [4.78, 5) is 11.9. The molecule has 112 valence electrons. The molecular weight excluding hydrogens is 401 g/mol. The highest BCUT2D eigenvalue weighted by molar-refractivity contribution is 14.1. The summed E-state index contributed by atoms with van der Waals surface area (Å²) in [5.74, 6) is 0.706. The van der Waals surface area contributed by atoms with E-state index >= 15 is 0 Å². The van der Waals surface area contributed by atoms with Gasteiger partial charge in [0.2, 0.25) is 11.8 Å². The third-order valence-electron chi connectivity index (χ3n) is 2.50. The van der Waals surface area contributed by atoms with Gasteiger partial charge in [-0.05, 0) is 46.9 Å². The summed E-state index contributed by atoms with van der Waals surface area (Å²) >= 11 is 3.45. The predicted molar refractivity (Wildman–Crippen MR) is 91.5 cm³/mol. The third kappa shape index (κ3) is 4.99. The Balaban J connectivity index is 1.86. The monoisotopic (exact) mass is 417 g/mol. The molecule has 0 unspecified atom stereocenters. The van der Waals surface area contributed by atoms with E-state index in [2.05, 4.69) is 38.1 Å². The minimum absolute atomic E-state index is 0.100. The molecule has 1 aromatic heterocycles. The van der Waals surface area contributed by atoms with Crippen LogP contribution >= 0.6 is 34.4 Å². The van der Waals surface area contributed by atoms with Crippen molar-refractivity contribution in [3.8, 4) is 0 Å². The van der Waals surface area contributed by atoms with E-state index in [0.717, 1.165) is 9.26 Å². The molecule has 0 atom stereocenters. The zero-order valence-electron chi connectivity index (χ0n) is 12.0. The Hall–Kier alpha value is -1.09. The highest BCUT2D eigenvalue weighted by Gasteiger charge is 2.21. The van der Waals surface area contributed by atoms with Gasteiger partial charge in [-0.15, -0.1) is 10.2 Å². The zero-order valence-corrected chi connectivity index (χ0v) is 15.0. The molecule has 0 fully saturated rings. The number of thioether (sulfide) groups is 1. The van der Waals surface area contributed by atoms with E-state index in [0.29, 0.717) is 11.1 Å². The van der Waals surface area contributed by atoms with Crippen molar-refractivity contribution < 1.29 is 9.21 Å². The van der Waals surface area contributed by atoms with Gasteiger partial charge in [-0.1, -0.05) is 32.5 Å². The number of nitrogens with zero attached hydrogens (tertiary/aromatic N) is 2. The molecule has 2 aromatic rings. The first-order valence-electron chi connectivity index (χ1n) is 6.37. The van der Waals surface area contributed by atoms with Crippen LogP contribution < -0.4 is 5.32 Å². The van der Waals surface area contributed by atoms with Crippen LogP contribution in [-0.4, -0.2) is 21.9 Å². The molecule has 0 spiro atoms. The zero-order chi connectivity index (χ0) is 15.5. The van der Waals surface area contributed by atoms with Crippen LogP contribution in [0.3, 0.4) is 0 Å². The van der Waals surface area contributed by atoms with Gasteiger partial charge in [0.05, 0.1) is 5.75 Å². The van der Waals surface area contributed by atoms with E-state index < -0.39 is 0 Å². The normalized spacial score (nSPS) is 11.4. The fourth-order valence-corrected chi connectivity index (χ4v) is 2.35. The number of nitrogens with one attached hydrogen (secondary N) is 1. The molecule has 0 saturated carbocycles. The van der Waals surface area contributed by atoms with Gasteiger partial charge in [0.25, 0.3) is 5.22 Å². The van der Waals surface area contributed by atoms with Gasteiger partial charge in [-0.2, -0.15) is 0 Å². The topological polar surface area (TPSA) is 68.0 Å². The van der Waals surface area contributed by atoms with E-state index in [1.54, 1.807) is 0 Å². The molecule has 0 aliphatic carbocycles. The average Bonchev–Trinajstić information content (AvgIpc) is 2.88. The van der Waals surface area contributed by atoms with Crippen molar-refractivity contribution in [1.29, 1.82) is 0 Å². The first-order chi connectivity index (χ1) is 9.84. The Bertz CT molecular complexity index is 620. The molecule has 1 N–H and O–H groups in total. The van der Waals surface area contributed by atoms with Crippen LogP contribution in [0, 0.1) is 3.57 Å². The standard InChI is InChI=1S/C14H16IN3O2S/c1-14(2,3)12-17-18-13(20-12)21-8-11(19)16-10-6-4-9(15)5-7-10/h4-7H,8H2,1-3H3,(H,16,19). The first kappa shape index (κ1) is 16.3. The van der Waals surface area contributed by atoms with E-state index in [9.17, 15) is 4.79 Å². The summed E-state index contributed by atoms with van der Waals surface area (Å²) in [6.45, 7) is 6.00. The van der Waals surface area contributed by atoms with Crippen molar-refractivity contribution in [2.24, 2.45) is 0 Å². The Labute approximate surface area is 141 Å². The van der Waals surface area contributed by atoms with E-state index in [4.69, 9.17) is 4.42 Å². The Morgan fingerprint density at radius 1 is 1.29 bits per heavy atom. The molecule has 1 aromatic carbocycles. The molecule has 1 amide bonds. The summed E-state index contributed by atoms with van der Waals surface area (Å²) in [7, 11) is 0.